The Balaban J connectivity index is 1.80. The first kappa shape index (κ1) is 20.5. The number of hydrogen-bond acceptors (Lipinski definition) is 3. The van der Waals surface area contributed by atoms with E-state index in [9.17, 15) is 14.4 Å². The van der Waals surface area contributed by atoms with Gasteiger partial charge in [0, 0.05) is 36.2 Å². The summed E-state index contributed by atoms with van der Waals surface area (Å²) in [5, 5.41) is 8.85. The predicted molar refractivity (Wildman–Crippen MR) is 106 cm³/mol. The number of anilines is 1. The Hall–Kier alpha value is -2.86. The molecule has 2 aromatic rings. The van der Waals surface area contributed by atoms with Crippen molar-refractivity contribution in [3.63, 3.8) is 0 Å². The number of rotatable bonds is 7. The molecular weight excluding hydrogens is 366 g/mol. The standard InChI is InChI=1S/C20H22ClN3O3/c1-13(16-4-3-5-18(12-16)24-14(2)25)23-19(26)10-11-22-20(27)15-6-8-17(21)9-7-15/h3-9,12-13H,10-11H2,1-2H3,(H,22,27)(H,23,26)(H,24,25). The summed E-state index contributed by atoms with van der Waals surface area (Å²) in [6.45, 7) is 3.53. The lowest BCUT2D eigenvalue weighted by atomic mass is 10.1. The van der Waals surface area contributed by atoms with Gasteiger partial charge in [-0.1, -0.05) is 23.7 Å². The van der Waals surface area contributed by atoms with Crippen molar-refractivity contribution in [2.45, 2.75) is 26.3 Å². The molecule has 27 heavy (non-hydrogen) atoms. The number of halogens is 1. The van der Waals surface area contributed by atoms with Crippen molar-refractivity contribution in [2.75, 3.05) is 11.9 Å². The van der Waals surface area contributed by atoms with E-state index in [2.05, 4.69) is 16.0 Å². The number of nitrogens with one attached hydrogen (secondary N) is 3. The summed E-state index contributed by atoms with van der Waals surface area (Å²) in [6, 6.07) is 13.6. The van der Waals surface area contributed by atoms with Gasteiger partial charge in [0.05, 0.1) is 6.04 Å². The lowest BCUT2D eigenvalue weighted by Crippen LogP contribution is -2.32. The van der Waals surface area contributed by atoms with E-state index in [1.165, 1.54) is 6.92 Å². The van der Waals surface area contributed by atoms with Crippen molar-refractivity contribution in [1.82, 2.24) is 10.6 Å². The zero-order valence-electron chi connectivity index (χ0n) is 15.2. The first-order valence-electron chi connectivity index (χ1n) is 8.56. The highest BCUT2D eigenvalue weighted by Crippen LogP contribution is 2.17. The zero-order valence-corrected chi connectivity index (χ0v) is 16.0. The van der Waals surface area contributed by atoms with Crippen molar-refractivity contribution >= 4 is 35.0 Å². The number of carbonyl (C=O) groups excluding carboxylic acids is 3. The maximum absolute atomic E-state index is 12.1. The van der Waals surface area contributed by atoms with Gasteiger partial charge < -0.3 is 16.0 Å². The molecule has 0 aliphatic heterocycles. The van der Waals surface area contributed by atoms with Crippen molar-refractivity contribution in [1.29, 1.82) is 0 Å². The van der Waals surface area contributed by atoms with Crippen LogP contribution < -0.4 is 16.0 Å². The van der Waals surface area contributed by atoms with Crippen LogP contribution in [0.2, 0.25) is 5.02 Å². The third kappa shape index (κ3) is 6.75. The van der Waals surface area contributed by atoms with Crippen molar-refractivity contribution in [3.8, 4) is 0 Å². The smallest absolute Gasteiger partial charge is 0.251 e. The molecule has 0 aromatic heterocycles. The van der Waals surface area contributed by atoms with Crippen molar-refractivity contribution < 1.29 is 14.4 Å². The third-order valence-electron chi connectivity index (χ3n) is 3.83. The van der Waals surface area contributed by atoms with Crippen LogP contribution in [0.3, 0.4) is 0 Å². The maximum atomic E-state index is 12.1. The Kier molecular flexibility index (Phi) is 7.37. The van der Waals surface area contributed by atoms with Gasteiger partial charge in [0.1, 0.15) is 0 Å². The van der Waals surface area contributed by atoms with E-state index in [1.807, 2.05) is 25.1 Å². The minimum atomic E-state index is -0.254. The van der Waals surface area contributed by atoms with E-state index in [0.29, 0.717) is 16.3 Å². The Morgan fingerprint density at radius 3 is 2.44 bits per heavy atom. The van der Waals surface area contributed by atoms with Crippen LogP contribution in [0.15, 0.2) is 48.5 Å². The van der Waals surface area contributed by atoms with E-state index in [4.69, 9.17) is 11.6 Å². The molecule has 6 nitrogen and oxygen atoms in total. The van der Waals surface area contributed by atoms with Gasteiger partial charge in [-0.15, -0.1) is 0 Å². The van der Waals surface area contributed by atoms with E-state index in [-0.39, 0.29) is 36.7 Å². The molecule has 0 heterocycles. The SMILES string of the molecule is CC(=O)Nc1cccc(C(C)NC(=O)CCNC(=O)c2ccc(Cl)cc2)c1. The van der Waals surface area contributed by atoms with Crippen LogP contribution in [0.5, 0.6) is 0 Å². The molecule has 142 valence electrons. The molecule has 0 spiro atoms. The number of hydrogen-bond donors (Lipinski definition) is 3. The zero-order chi connectivity index (χ0) is 19.8. The number of carbonyl (C=O) groups is 3. The molecule has 7 heteroatoms. The number of amides is 3. The first-order chi connectivity index (χ1) is 12.8. The van der Waals surface area contributed by atoms with Crippen molar-refractivity contribution in [2.24, 2.45) is 0 Å². The van der Waals surface area contributed by atoms with Gasteiger partial charge in [-0.25, -0.2) is 0 Å². The summed E-state index contributed by atoms with van der Waals surface area (Å²) < 4.78 is 0. The lowest BCUT2D eigenvalue weighted by molar-refractivity contribution is -0.121. The van der Waals surface area contributed by atoms with E-state index < -0.39 is 0 Å². The molecular formula is C20H22ClN3O3. The normalized spacial score (nSPS) is 11.4. The van der Waals surface area contributed by atoms with Gasteiger partial charge in [0.2, 0.25) is 11.8 Å². The second kappa shape index (κ2) is 9.73. The summed E-state index contributed by atoms with van der Waals surface area (Å²) in [5.41, 5.74) is 2.04. The van der Waals surface area contributed by atoms with Crippen LogP contribution in [-0.4, -0.2) is 24.3 Å². The Labute approximate surface area is 163 Å². The van der Waals surface area contributed by atoms with E-state index in [1.54, 1.807) is 30.3 Å². The number of benzene rings is 2. The fourth-order valence-corrected chi connectivity index (χ4v) is 2.60. The van der Waals surface area contributed by atoms with Crippen LogP contribution in [0.4, 0.5) is 5.69 Å². The van der Waals surface area contributed by atoms with Gasteiger partial charge in [0.15, 0.2) is 0 Å². The molecule has 0 saturated carbocycles. The average Bonchev–Trinajstić information content (AvgIpc) is 2.61. The van der Waals surface area contributed by atoms with Crippen LogP contribution in [0, 0.1) is 0 Å². The Morgan fingerprint density at radius 2 is 1.78 bits per heavy atom. The summed E-state index contributed by atoms with van der Waals surface area (Å²) >= 11 is 5.79. The van der Waals surface area contributed by atoms with Gasteiger partial charge in [-0.3, -0.25) is 14.4 Å². The van der Waals surface area contributed by atoms with Crippen LogP contribution in [-0.2, 0) is 9.59 Å². The fourth-order valence-electron chi connectivity index (χ4n) is 2.48. The lowest BCUT2D eigenvalue weighted by Gasteiger charge is -2.15. The molecule has 0 saturated heterocycles. The highest BCUT2D eigenvalue weighted by molar-refractivity contribution is 6.30. The monoisotopic (exact) mass is 387 g/mol. The summed E-state index contributed by atoms with van der Waals surface area (Å²) in [4.78, 5) is 35.2. The third-order valence-corrected chi connectivity index (χ3v) is 4.08. The van der Waals surface area contributed by atoms with Crippen LogP contribution >= 0.6 is 11.6 Å². The maximum Gasteiger partial charge on any atom is 0.251 e. The van der Waals surface area contributed by atoms with Crippen LogP contribution in [0.1, 0.15) is 42.2 Å². The topological polar surface area (TPSA) is 87.3 Å². The summed E-state index contributed by atoms with van der Waals surface area (Å²) in [5.74, 6) is -0.584. The molecule has 2 aromatic carbocycles. The molecule has 3 N–H and O–H groups in total. The van der Waals surface area contributed by atoms with Gasteiger partial charge in [-0.05, 0) is 48.9 Å². The van der Waals surface area contributed by atoms with Gasteiger partial charge >= 0.3 is 0 Å². The molecule has 3 amide bonds. The molecule has 1 atom stereocenters. The molecule has 0 fully saturated rings. The van der Waals surface area contributed by atoms with Gasteiger partial charge in [-0.2, -0.15) is 0 Å². The first-order valence-corrected chi connectivity index (χ1v) is 8.93. The second-order valence-corrected chi connectivity index (χ2v) is 6.55. The van der Waals surface area contributed by atoms with E-state index in [0.717, 1.165) is 5.56 Å². The highest BCUT2D eigenvalue weighted by Gasteiger charge is 2.11. The van der Waals surface area contributed by atoms with Gasteiger partial charge in [0.25, 0.3) is 5.91 Å². The fraction of sp³-hybridized carbons (Fsp3) is 0.250. The highest BCUT2D eigenvalue weighted by atomic mass is 35.5. The largest absolute Gasteiger partial charge is 0.352 e. The van der Waals surface area contributed by atoms with Crippen molar-refractivity contribution in [3.05, 3.63) is 64.7 Å². The molecule has 0 radical (unpaired) electrons. The minimum Gasteiger partial charge on any atom is -0.352 e. The van der Waals surface area contributed by atoms with E-state index >= 15 is 0 Å². The molecule has 0 bridgehead atoms. The molecule has 1 unspecified atom stereocenters. The second-order valence-electron chi connectivity index (χ2n) is 6.11. The summed E-state index contributed by atoms with van der Waals surface area (Å²) in [6.07, 6.45) is 0.162. The molecule has 0 aliphatic rings. The minimum absolute atomic E-state index is 0.153. The average molecular weight is 388 g/mol. The molecule has 2 rings (SSSR count). The van der Waals surface area contributed by atoms with Crippen LogP contribution in [0.25, 0.3) is 0 Å². The Bertz CT molecular complexity index is 821. The quantitative estimate of drug-likeness (QED) is 0.681. The summed E-state index contributed by atoms with van der Waals surface area (Å²) in [7, 11) is 0. The Morgan fingerprint density at radius 1 is 1.07 bits per heavy atom. The predicted octanol–water partition coefficient (Wildman–Crippen LogP) is 3.30. The molecule has 0 aliphatic carbocycles.